The summed E-state index contributed by atoms with van der Waals surface area (Å²) in [6.45, 7) is 7.52. The maximum Gasteiger partial charge on any atom is 0.147 e. The lowest BCUT2D eigenvalue weighted by atomic mass is 10.0. The van der Waals surface area contributed by atoms with Gasteiger partial charge in [-0.05, 0) is 43.7 Å². The lowest BCUT2D eigenvalue weighted by Gasteiger charge is -2.37. The average Bonchev–Trinajstić information content (AvgIpc) is 2.82. The van der Waals surface area contributed by atoms with Crippen LogP contribution in [0.2, 0.25) is 5.02 Å². The normalized spacial score (nSPS) is 14.2. The number of anilines is 2. The maximum atomic E-state index is 6.07. The molecule has 4 aromatic rings. The van der Waals surface area contributed by atoms with E-state index in [1.807, 2.05) is 49.5 Å². The Bertz CT molecular complexity index is 1250. The predicted molar refractivity (Wildman–Crippen MR) is 130 cm³/mol. The minimum atomic E-state index is 0.749. The van der Waals surface area contributed by atoms with Crippen molar-refractivity contribution < 1.29 is 0 Å². The summed E-state index contributed by atoms with van der Waals surface area (Å²) in [5.41, 5.74) is 5.27. The van der Waals surface area contributed by atoms with E-state index in [-0.39, 0.29) is 0 Å². The SMILES string of the molecule is Cc1nc(C)c(Cc2ccc(Cl)cc2)c(N2CCN(c3cnc4ccccc4n3)CC2)n1. The molecule has 3 heterocycles. The monoisotopic (exact) mass is 444 g/mol. The van der Waals surface area contributed by atoms with Crippen molar-refractivity contribution in [1.29, 1.82) is 0 Å². The molecule has 1 aliphatic rings. The van der Waals surface area contributed by atoms with Crippen molar-refractivity contribution in [3.8, 4) is 0 Å². The number of benzene rings is 2. The number of rotatable bonds is 4. The minimum Gasteiger partial charge on any atom is -0.353 e. The Labute approximate surface area is 192 Å². The number of halogens is 1. The van der Waals surface area contributed by atoms with Gasteiger partial charge in [-0.2, -0.15) is 0 Å². The van der Waals surface area contributed by atoms with Crippen LogP contribution in [0.25, 0.3) is 11.0 Å². The molecule has 0 radical (unpaired) electrons. The zero-order valence-electron chi connectivity index (χ0n) is 18.3. The second-order valence-electron chi connectivity index (χ2n) is 8.15. The van der Waals surface area contributed by atoms with Crippen molar-refractivity contribution in [3.05, 3.63) is 82.4 Å². The summed E-state index contributed by atoms with van der Waals surface area (Å²) >= 11 is 6.07. The molecule has 0 N–H and O–H groups in total. The van der Waals surface area contributed by atoms with Gasteiger partial charge in [0.25, 0.3) is 0 Å². The van der Waals surface area contributed by atoms with E-state index < -0.39 is 0 Å². The first kappa shape index (κ1) is 20.6. The largest absolute Gasteiger partial charge is 0.353 e. The highest BCUT2D eigenvalue weighted by molar-refractivity contribution is 6.30. The van der Waals surface area contributed by atoms with Crippen molar-refractivity contribution >= 4 is 34.3 Å². The van der Waals surface area contributed by atoms with Crippen LogP contribution in [0.3, 0.4) is 0 Å². The molecule has 0 aliphatic carbocycles. The molecule has 6 nitrogen and oxygen atoms in total. The van der Waals surface area contributed by atoms with Crippen LogP contribution in [0, 0.1) is 13.8 Å². The topological polar surface area (TPSA) is 58.0 Å². The molecule has 1 fully saturated rings. The minimum absolute atomic E-state index is 0.749. The number of piperazine rings is 1. The summed E-state index contributed by atoms with van der Waals surface area (Å²) in [5, 5.41) is 0.749. The van der Waals surface area contributed by atoms with Crippen LogP contribution in [0.1, 0.15) is 22.6 Å². The highest BCUT2D eigenvalue weighted by Crippen LogP contribution is 2.26. The van der Waals surface area contributed by atoms with E-state index in [1.165, 1.54) is 11.1 Å². The van der Waals surface area contributed by atoms with Crippen molar-refractivity contribution in [2.75, 3.05) is 36.0 Å². The Morgan fingerprint density at radius 1 is 0.812 bits per heavy atom. The van der Waals surface area contributed by atoms with Gasteiger partial charge in [-0.25, -0.2) is 15.0 Å². The fourth-order valence-electron chi connectivity index (χ4n) is 4.24. The van der Waals surface area contributed by atoms with Gasteiger partial charge in [0.05, 0.1) is 17.2 Å². The molecular formula is C25H25ClN6. The number of hydrogen-bond donors (Lipinski definition) is 0. The van der Waals surface area contributed by atoms with E-state index in [0.717, 1.165) is 71.8 Å². The molecule has 1 saturated heterocycles. The number of fused-ring (bicyclic) bond motifs is 1. The van der Waals surface area contributed by atoms with Gasteiger partial charge >= 0.3 is 0 Å². The standard InChI is InChI=1S/C25H25ClN6/c1-17-21(15-19-7-9-20(26)10-8-19)25(29-18(2)28-17)32-13-11-31(12-14-32)24-16-27-22-5-3-4-6-23(22)30-24/h3-10,16H,11-15H2,1-2H3. The maximum absolute atomic E-state index is 6.07. The molecule has 0 unspecified atom stereocenters. The number of hydrogen-bond acceptors (Lipinski definition) is 6. The molecule has 0 spiro atoms. The Balaban J connectivity index is 1.37. The van der Waals surface area contributed by atoms with E-state index in [1.54, 1.807) is 0 Å². The second-order valence-corrected chi connectivity index (χ2v) is 8.59. The van der Waals surface area contributed by atoms with Gasteiger partial charge < -0.3 is 9.80 Å². The van der Waals surface area contributed by atoms with E-state index in [4.69, 9.17) is 21.6 Å². The summed E-state index contributed by atoms with van der Waals surface area (Å²) in [6.07, 6.45) is 2.66. The first-order valence-electron chi connectivity index (χ1n) is 10.9. The third-order valence-electron chi connectivity index (χ3n) is 5.94. The first-order valence-corrected chi connectivity index (χ1v) is 11.2. The summed E-state index contributed by atoms with van der Waals surface area (Å²) in [6, 6.07) is 16.0. The quantitative estimate of drug-likeness (QED) is 0.458. The average molecular weight is 445 g/mol. The summed E-state index contributed by atoms with van der Waals surface area (Å²) in [7, 11) is 0. The summed E-state index contributed by atoms with van der Waals surface area (Å²) in [5.74, 6) is 2.77. The van der Waals surface area contributed by atoms with Gasteiger partial charge in [-0.15, -0.1) is 0 Å². The van der Waals surface area contributed by atoms with Crippen molar-refractivity contribution in [1.82, 2.24) is 19.9 Å². The summed E-state index contributed by atoms with van der Waals surface area (Å²) in [4.78, 5) is 23.6. The molecule has 1 aliphatic heterocycles. The van der Waals surface area contributed by atoms with Crippen LogP contribution in [-0.2, 0) is 6.42 Å². The molecule has 32 heavy (non-hydrogen) atoms. The van der Waals surface area contributed by atoms with E-state index in [9.17, 15) is 0 Å². The molecule has 0 bridgehead atoms. The van der Waals surface area contributed by atoms with Crippen molar-refractivity contribution in [3.63, 3.8) is 0 Å². The molecule has 0 amide bonds. The number of nitrogens with zero attached hydrogens (tertiary/aromatic N) is 6. The molecule has 2 aromatic carbocycles. The van der Waals surface area contributed by atoms with Crippen LogP contribution >= 0.6 is 11.6 Å². The van der Waals surface area contributed by atoms with E-state index in [2.05, 4.69) is 38.8 Å². The lowest BCUT2D eigenvalue weighted by molar-refractivity contribution is 0.637. The highest BCUT2D eigenvalue weighted by atomic mass is 35.5. The third kappa shape index (κ3) is 4.23. The highest BCUT2D eigenvalue weighted by Gasteiger charge is 2.23. The zero-order chi connectivity index (χ0) is 22.1. The van der Waals surface area contributed by atoms with Gasteiger partial charge in [0.1, 0.15) is 17.5 Å². The summed E-state index contributed by atoms with van der Waals surface area (Å²) < 4.78 is 0. The van der Waals surface area contributed by atoms with Crippen LogP contribution in [0.5, 0.6) is 0 Å². The number of aromatic nitrogens is 4. The number of aryl methyl sites for hydroxylation is 2. The molecule has 5 rings (SSSR count). The van der Waals surface area contributed by atoms with Gasteiger partial charge in [0, 0.05) is 48.9 Å². The molecule has 0 saturated carbocycles. The Morgan fingerprint density at radius 2 is 1.50 bits per heavy atom. The van der Waals surface area contributed by atoms with Crippen LogP contribution < -0.4 is 9.80 Å². The van der Waals surface area contributed by atoms with Crippen molar-refractivity contribution in [2.24, 2.45) is 0 Å². The molecule has 0 atom stereocenters. The van der Waals surface area contributed by atoms with Gasteiger partial charge in [0.2, 0.25) is 0 Å². The van der Waals surface area contributed by atoms with E-state index >= 15 is 0 Å². The fourth-order valence-corrected chi connectivity index (χ4v) is 4.37. The first-order chi connectivity index (χ1) is 15.6. The second kappa shape index (κ2) is 8.71. The lowest BCUT2D eigenvalue weighted by Crippen LogP contribution is -2.47. The van der Waals surface area contributed by atoms with Gasteiger partial charge in [0.15, 0.2) is 0 Å². The third-order valence-corrected chi connectivity index (χ3v) is 6.19. The van der Waals surface area contributed by atoms with Crippen LogP contribution in [-0.4, -0.2) is 46.1 Å². The van der Waals surface area contributed by atoms with Gasteiger partial charge in [-0.3, -0.25) is 4.98 Å². The molecule has 7 heteroatoms. The Kier molecular flexibility index (Phi) is 5.62. The zero-order valence-corrected chi connectivity index (χ0v) is 19.0. The van der Waals surface area contributed by atoms with Crippen LogP contribution in [0.15, 0.2) is 54.7 Å². The Morgan fingerprint density at radius 3 is 2.25 bits per heavy atom. The fraction of sp³-hybridized carbons (Fsp3) is 0.280. The smallest absolute Gasteiger partial charge is 0.147 e. The molecule has 162 valence electrons. The van der Waals surface area contributed by atoms with Crippen molar-refractivity contribution in [2.45, 2.75) is 20.3 Å². The molecule has 2 aromatic heterocycles. The molecular weight excluding hydrogens is 420 g/mol. The predicted octanol–water partition coefficient (Wildman–Crippen LogP) is 4.61. The number of para-hydroxylation sites is 2. The Hall–Kier alpha value is -3.25. The van der Waals surface area contributed by atoms with E-state index in [0.29, 0.717) is 0 Å². The van der Waals surface area contributed by atoms with Crippen LogP contribution in [0.4, 0.5) is 11.6 Å². The van der Waals surface area contributed by atoms with Gasteiger partial charge in [-0.1, -0.05) is 35.9 Å².